The van der Waals surface area contributed by atoms with Gasteiger partial charge < -0.3 is 15.6 Å². The molecule has 1 aromatic heterocycles. The Morgan fingerprint density at radius 3 is 2.88 bits per heavy atom. The molecule has 1 heterocycles. The van der Waals surface area contributed by atoms with Gasteiger partial charge >= 0.3 is 5.97 Å². The molecule has 1 atom stereocenters. The van der Waals surface area contributed by atoms with Gasteiger partial charge in [0.1, 0.15) is 17.3 Å². The summed E-state index contributed by atoms with van der Waals surface area (Å²) in [6.45, 7) is 0. The molecular weight excluding hydrogens is 220 g/mol. The number of carboxylic acid groups (broad SMARTS) is 1. The molecule has 0 saturated heterocycles. The first-order valence-corrected chi connectivity index (χ1v) is 5.05. The van der Waals surface area contributed by atoms with E-state index in [4.69, 9.17) is 15.6 Å². The third-order valence-corrected chi connectivity index (χ3v) is 2.59. The first kappa shape index (κ1) is 11.3. The van der Waals surface area contributed by atoms with Crippen molar-refractivity contribution in [3.63, 3.8) is 0 Å². The number of carboxylic acids is 1. The molecule has 0 aliphatic rings. The van der Waals surface area contributed by atoms with Crippen LogP contribution in [0.1, 0.15) is 11.6 Å². The number of aromatic nitrogens is 1. The topological polar surface area (TPSA) is 85.4 Å². The molecule has 1 aromatic carbocycles. The van der Waals surface area contributed by atoms with Crippen LogP contribution in [0, 0.1) is 0 Å². The molecule has 0 aliphatic heterocycles. The van der Waals surface area contributed by atoms with Gasteiger partial charge in [-0.1, -0.05) is 12.1 Å². The summed E-state index contributed by atoms with van der Waals surface area (Å²) in [5, 5.41) is 9.64. The van der Waals surface area contributed by atoms with Gasteiger partial charge in [-0.15, -0.1) is 0 Å². The van der Waals surface area contributed by atoms with Crippen LogP contribution in [0.2, 0.25) is 0 Å². The predicted molar refractivity (Wildman–Crippen MR) is 62.9 cm³/mol. The van der Waals surface area contributed by atoms with E-state index in [-0.39, 0.29) is 0 Å². The van der Waals surface area contributed by atoms with Crippen LogP contribution in [0.4, 0.5) is 0 Å². The Balaban J connectivity index is 2.70. The van der Waals surface area contributed by atoms with E-state index >= 15 is 0 Å². The lowest BCUT2D eigenvalue weighted by molar-refractivity contribution is -0.138. The predicted octanol–water partition coefficient (Wildman–Crippen LogP) is 1.33. The van der Waals surface area contributed by atoms with E-state index < -0.39 is 12.0 Å². The molecule has 0 radical (unpaired) electrons. The van der Waals surface area contributed by atoms with Crippen molar-refractivity contribution in [2.75, 3.05) is 7.11 Å². The van der Waals surface area contributed by atoms with Gasteiger partial charge in [0.05, 0.1) is 7.11 Å². The molecule has 88 valence electrons. The minimum absolute atomic E-state index is 0.529. The van der Waals surface area contributed by atoms with Crippen molar-refractivity contribution >= 4 is 16.9 Å². The fraction of sp³-hybridized carbons (Fsp3) is 0.167. The summed E-state index contributed by atoms with van der Waals surface area (Å²) in [6, 6.07) is 5.78. The Labute approximate surface area is 97.8 Å². The van der Waals surface area contributed by atoms with Gasteiger partial charge in [0, 0.05) is 11.6 Å². The van der Waals surface area contributed by atoms with Crippen LogP contribution in [-0.2, 0) is 4.79 Å². The molecule has 0 amide bonds. The van der Waals surface area contributed by atoms with Crippen LogP contribution in [0.3, 0.4) is 0 Å². The van der Waals surface area contributed by atoms with E-state index in [2.05, 4.69) is 4.98 Å². The molecule has 0 saturated carbocycles. The van der Waals surface area contributed by atoms with E-state index in [1.807, 2.05) is 0 Å². The zero-order chi connectivity index (χ0) is 12.4. The summed E-state index contributed by atoms with van der Waals surface area (Å²) >= 11 is 0. The lowest BCUT2D eigenvalue weighted by Gasteiger charge is -2.12. The fourth-order valence-corrected chi connectivity index (χ4v) is 1.74. The number of aliphatic carboxylic acids is 1. The van der Waals surface area contributed by atoms with E-state index in [0.29, 0.717) is 22.2 Å². The van der Waals surface area contributed by atoms with Crippen LogP contribution in [-0.4, -0.2) is 23.2 Å². The van der Waals surface area contributed by atoms with Crippen molar-refractivity contribution in [1.82, 2.24) is 4.98 Å². The number of hydrogen-bond acceptors (Lipinski definition) is 4. The summed E-state index contributed by atoms with van der Waals surface area (Å²) in [7, 11) is 1.54. The standard InChI is InChI=1S/C12H12N2O3/c1-17-9-5-4-7(10(13)12(15)16)8-3-2-6-14-11(8)9/h2-6,10H,13H2,1H3,(H,15,16). The maximum atomic E-state index is 10.9. The smallest absolute Gasteiger partial charge is 0.325 e. The van der Waals surface area contributed by atoms with Gasteiger partial charge in [0.2, 0.25) is 0 Å². The summed E-state index contributed by atoms with van der Waals surface area (Å²) in [6.07, 6.45) is 1.63. The highest BCUT2D eigenvalue weighted by molar-refractivity contribution is 5.91. The molecule has 3 N–H and O–H groups in total. The van der Waals surface area contributed by atoms with Crippen molar-refractivity contribution in [3.8, 4) is 5.75 Å². The third-order valence-electron chi connectivity index (χ3n) is 2.59. The van der Waals surface area contributed by atoms with E-state index in [9.17, 15) is 4.79 Å². The number of fused-ring (bicyclic) bond motifs is 1. The van der Waals surface area contributed by atoms with Crippen LogP contribution < -0.4 is 10.5 Å². The second-order valence-electron chi connectivity index (χ2n) is 3.57. The largest absolute Gasteiger partial charge is 0.494 e. The van der Waals surface area contributed by atoms with Gasteiger partial charge in [0.25, 0.3) is 0 Å². The number of pyridine rings is 1. The van der Waals surface area contributed by atoms with Crippen molar-refractivity contribution in [2.24, 2.45) is 5.73 Å². The lowest BCUT2D eigenvalue weighted by atomic mass is 10.0. The molecule has 2 rings (SSSR count). The molecular formula is C12H12N2O3. The number of hydrogen-bond donors (Lipinski definition) is 2. The monoisotopic (exact) mass is 232 g/mol. The Hall–Kier alpha value is -2.14. The van der Waals surface area contributed by atoms with E-state index in [1.54, 1.807) is 37.6 Å². The van der Waals surface area contributed by atoms with Gasteiger partial charge in [-0.05, 0) is 17.7 Å². The highest BCUT2D eigenvalue weighted by Crippen LogP contribution is 2.29. The van der Waals surface area contributed by atoms with Crippen molar-refractivity contribution < 1.29 is 14.6 Å². The summed E-state index contributed by atoms with van der Waals surface area (Å²) in [5.74, 6) is -0.470. The number of nitrogens with two attached hydrogens (primary N) is 1. The summed E-state index contributed by atoms with van der Waals surface area (Å²) in [4.78, 5) is 15.1. The maximum absolute atomic E-state index is 10.9. The van der Waals surface area contributed by atoms with Crippen molar-refractivity contribution in [3.05, 3.63) is 36.0 Å². The summed E-state index contributed by atoms with van der Waals surface area (Å²) < 4.78 is 5.17. The zero-order valence-corrected chi connectivity index (χ0v) is 9.25. The van der Waals surface area contributed by atoms with Crippen LogP contribution in [0.25, 0.3) is 10.9 Å². The Bertz CT molecular complexity index is 569. The minimum atomic E-state index is -1.07. The second kappa shape index (κ2) is 4.39. The number of carbonyl (C=O) groups is 1. The molecule has 2 aromatic rings. The van der Waals surface area contributed by atoms with Crippen LogP contribution in [0.5, 0.6) is 5.75 Å². The molecule has 17 heavy (non-hydrogen) atoms. The maximum Gasteiger partial charge on any atom is 0.325 e. The van der Waals surface area contributed by atoms with Crippen molar-refractivity contribution in [1.29, 1.82) is 0 Å². The first-order valence-electron chi connectivity index (χ1n) is 5.05. The molecule has 5 nitrogen and oxygen atoms in total. The van der Waals surface area contributed by atoms with Crippen LogP contribution >= 0.6 is 0 Å². The third kappa shape index (κ3) is 1.92. The number of benzene rings is 1. The molecule has 5 heteroatoms. The fourth-order valence-electron chi connectivity index (χ4n) is 1.74. The zero-order valence-electron chi connectivity index (χ0n) is 9.25. The first-order chi connectivity index (χ1) is 8.15. The Kier molecular flexibility index (Phi) is 2.93. The lowest BCUT2D eigenvalue weighted by Crippen LogP contribution is -2.20. The quantitative estimate of drug-likeness (QED) is 0.833. The Morgan fingerprint density at radius 2 is 2.24 bits per heavy atom. The van der Waals surface area contributed by atoms with Gasteiger partial charge in [-0.3, -0.25) is 9.78 Å². The highest BCUT2D eigenvalue weighted by Gasteiger charge is 2.18. The normalized spacial score (nSPS) is 12.4. The van der Waals surface area contributed by atoms with Gasteiger partial charge in [-0.2, -0.15) is 0 Å². The van der Waals surface area contributed by atoms with Gasteiger partial charge in [0.15, 0.2) is 0 Å². The van der Waals surface area contributed by atoms with E-state index in [1.165, 1.54) is 0 Å². The molecule has 0 fully saturated rings. The summed E-state index contributed by atoms with van der Waals surface area (Å²) in [5.41, 5.74) is 6.77. The molecule has 1 unspecified atom stereocenters. The average molecular weight is 232 g/mol. The minimum Gasteiger partial charge on any atom is -0.494 e. The molecule has 0 bridgehead atoms. The second-order valence-corrected chi connectivity index (χ2v) is 3.57. The molecule has 0 spiro atoms. The number of nitrogens with zero attached hydrogens (tertiary/aromatic N) is 1. The number of ether oxygens (including phenoxy) is 1. The molecule has 0 aliphatic carbocycles. The number of rotatable bonds is 3. The van der Waals surface area contributed by atoms with Crippen molar-refractivity contribution in [2.45, 2.75) is 6.04 Å². The Morgan fingerprint density at radius 1 is 1.47 bits per heavy atom. The van der Waals surface area contributed by atoms with Gasteiger partial charge in [-0.25, -0.2) is 0 Å². The van der Waals surface area contributed by atoms with Crippen LogP contribution in [0.15, 0.2) is 30.5 Å². The SMILES string of the molecule is COc1ccc(C(N)C(=O)O)c2cccnc12. The van der Waals surface area contributed by atoms with E-state index in [0.717, 1.165) is 0 Å². The average Bonchev–Trinajstić information content (AvgIpc) is 2.36. The highest BCUT2D eigenvalue weighted by atomic mass is 16.5. The number of methoxy groups -OCH3 is 1.